The molecule has 1 atom stereocenters. The maximum Gasteiger partial charge on any atom is 1.00 e. The third kappa shape index (κ3) is 9.42. The molecule has 22 heavy (non-hydrogen) atoms. The Balaban J connectivity index is 0.00000441. The summed E-state index contributed by atoms with van der Waals surface area (Å²) >= 11 is 0. The van der Waals surface area contributed by atoms with E-state index in [-0.39, 0.29) is 36.0 Å². The maximum atomic E-state index is 10.3. The van der Waals surface area contributed by atoms with Gasteiger partial charge in [-0.2, -0.15) is 0 Å². The molecule has 3 nitrogen and oxygen atoms in total. The molecule has 0 radical (unpaired) electrons. The summed E-state index contributed by atoms with van der Waals surface area (Å²) in [6.45, 7) is 2.15. The second kappa shape index (κ2) is 12.9. The average molecular weight is 312 g/mol. The first-order chi connectivity index (χ1) is 10.1. The zero-order valence-electron chi connectivity index (χ0n) is 13.8. The molecule has 0 fully saturated rings. The molecule has 0 heterocycles. The normalized spacial score (nSPS) is 12.1. The second-order valence-electron chi connectivity index (χ2n) is 5.35. The number of aliphatic carboxylic acids is 1. The average Bonchev–Trinajstić information content (AvgIpc) is 2.47. The summed E-state index contributed by atoms with van der Waals surface area (Å²) in [6, 6.07) is 7.87. The van der Waals surface area contributed by atoms with Crippen molar-refractivity contribution in [2.45, 2.75) is 58.0 Å². The fraction of sp³-hybridized carbons (Fsp3) is 0.500. The Labute approximate surface area is 155 Å². The first kappa shape index (κ1) is 21.4. The summed E-state index contributed by atoms with van der Waals surface area (Å²) in [6.07, 6.45) is 9.09. The zero-order valence-corrected chi connectivity index (χ0v) is 15.8. The number of benzene rings is 1. The fourth-order valence-electron chi connectivity index (χ4n) is 2.21. The molecule has 0 aliphatic carbocycles. The van der Waals surface area contributed by atoms with Gasteiger partial charge in [-0.05, 0) is 42.9 Å². The number of rotatable bonds is 10. The van der Waals surface area contributed by atoms with Gasteiger partial charge >= 0.3 is 29.6 Å². The van der Waals surface area contributed by atoms with Crippen LogP contribution in [-0.2, 0) is 4.79 Å². The molecule has 0 aliphatic rings. The molecule has 0 bridgehead atoms. The minimum Gasteiger partial charge on any atom is -0.550 e. The zero-order chi connectivity index (χ0) is 15.5. The van der Waals surface area contributed by atoms with Gasteiger partial charge in [-0.25, -0.2) is 0 Å². The van der Waals surface area contributed by atoms with E-state index in [1.807, 2.05) is 36.4 Å². The number of carbonyl (C=O) groups is 1. The topological polar surface area (TPSA) is 60.4 Å². The summed E-state index contributed by atoms with van der Waals surface area (Å²) in [7, 11) is 0. The Kier molecular flexibility index (Phi) is 12.5. The first-order valence-corrected chi connectivity index (χ1v) is 7.78. The first-order valence-electron chi connectivity index (χ1n) is 7.78. The number of allylic oxidation sites excluding steroid dienone is 1. The summed E-state index contributed by atoms with van der Waals surface area (Å²) in [5.74, 6) is -0.999. The number of carbonyl (C=O) groups excluding carboxylic acids is 1. The van der Waals surface area contributed by atoms with Crippen LogP contribution in [-0.4, -0.2) is 11.1 Å². The quantitative estimate of drug-likeness (QED) is 0.497. The summed E-state index contributed by atoms with van der Waals surface area (Å²) in [5, 5.41) is 20.4. The Bertz CT molecular complexity index is 457. The van der Waals surface area contributed by atoms with Gasteiger partial charge in [0.25, 0.3) is 0 Å². The van der Waals surface area contributed by atoms with Crippen LogP contribution < -0.4 is 34.7 Å². The molecule has 0 saturated heterocycles. The predicted molar refractivity (Wildman–Crippen MR) is 83.4 cm³/mol. The number of hydrogen-bond acceptors (Lipinski definition) is 3. The van der Waals surface area contributed by atoms with Crippen LogP contribution in [0.3, 0.4) is 0 Å². The van der Waals surface area contributed by atoms with Gasteiger partial charge in [-0.1, -0.05) is 56.5 Å². The molecule has 1 rings (SSSR count). The molecule has 0 saturated carbocycles. The van der Waals surface area contributed by atoms with Crippen LogP contribution in [0.25, 0.3) is 6.08 Å². The van der Waals surface area contributed by atoms with Crippen LogP contribution >= 0.6 is 0 Å². The van der Waals surface area contributed by atoms with E-state index in [0.29, 0.717) is 6.42 Å². The van der Waals surface area contributed by atoms with Crippen molar-refractivity contribution in [3.63, 3.8) is 0 Å². The molecule has 4 heteroatoms. The number of hydrogen-bond donors (Lipinski definition) is 1. The second-order valence-corrected chi connectivity index (χ2v) is 5.35. The van der Waals surface area contributed by atoms with Crippen molar-refractivity contribution in [2.75, 3.05) is 0 Å². The maximum absolute atomic E-state index is 10.3. The fourth-order valence-corrected chi connectivity index (χ4v) is 2.21. The van der Waals surface area contributed by atoms with E-state index in [9.17, 15) is 15.0 Å². The van der Waals surface area contributed by atoms with Crippen molar-refractivity contribution < 1.29 is 44.6 Å². The smallest absolute Gasteiger partial charge is 0.550 e. The van der Waals surface area contributed by atoms with Crippen LogP contribution in [0.15, 0.2) is 30.3 Å². The predicted octanol–water partition coefficient (Wildman–Crippen LogP) is 0.238. The van der Waals surface area contributed by atoms with E-state index >= 15 is 0 Å². The monoisotopic (exact) mass is 312 g/mol. The van der Waals surface area contributed by atoms with Crippen molar-refractivity contribution in [2.24, 2.45) is 0 Å². The molecular formula is C18H25NaO3. The molecule has 1 aromatic rings. The van der Waals surface area contributed by atoms with Gasteiger partial charge in [0.15, 0.2) is 0 Å². The van der Waals surface area contributed by atoms with E-state index in [1.54, 1.807) is 0 Å². The van der Waals surface area contributed by atoms with E-state index in [4.69, 9.17) is 0 Å². The molecule has 0 amide bonds. The minimum absolute atomic E-state index is 0. The van der Waals surface area contributed by atoms with Crippen molar-refractivity contribution in [3.8, 4) is 0 Å². The van der Waals surface area contributed by atoms with Crippen molar-refractivity contribution in [3.05, 3.63) is 41.5 Å². The molecule has 1 N–H and O–H groups in total. The third-order valence-electron chi connectivity index (χ3n) is 3.44. The summed E-state index contributed by atoms with van der Waals surface area (Å²) < 4.78 is 0. The van der Waals surface area contributed by atoms with Gasteiger partial charge in [-0.3, -0.25) is 0 Å². The van der Waals surface area contributed by atoms with Crippen LogP contribution in [0.1, 0.15) is 69.1 Å². The van der Waals surface area contributed by atoms with E-state index in [0.717, 1.165) is 43.2 Å². The largest absolute Gasteiger partial charge is 1.00 e. The SMILES string of the molecule is CCCCC[C@@H](O)c1cccc(/C=C\CCCC(=O)[O-])c1.[Na+]. The van der Waals surface area contributed by atoms with Crippen LogP contribution in [0.5, 0.6) is 0 Å². The van der Waals surface area contributed by atoms with Crippen LogP contribution in [0, 0.1) is 0 Å². The number of carboxylic acids is 1. The third-order valence-corrected chi connectivity index (χ3v) is 3.44. The van der Waals surface area contributed by atoms with E-state index in [2.05, 4.69) is 6.92 Å². The van der Waals surface area contributed by atoms with Gasteiger partial charge in [0, 0.05) is 5.97 Å². The minimum atomic E-state index is -0.999. The van der Waals surface area contributed by atoms with Crippen LogP contribution in [0.4, 0.5) is 0 Å². The van der Waals surface area contributed by atoms with E-state index in [1.165, 1.54) is 0 Å². The number of aliphatic hydroxyl groups is 1. The van der Waals surface area contributed by atoms with Gasteiger partial charge in [0.05, 0.1) is 6.10 Å². The van der Waals surface area contributed by atoms with Crippen LogP contribution in [0.2, 0.25) is 0 Å². The number of carboxylic acid groups (broad SMARTS) is 1. The number of aliphatic hydroxyl groups excluding tert-OH is 1. The Morgan fingerprint density at radius 1 is 1.32 bits per heavy atom. The standard InChI is InChI=1S/C18H26O3.Na/c1-2-3-5-12-17(19)16-11-8-10-15(14-16)9-6-4-7-13-18(20)21;/h6,8-11,14,17,19H,2-5,7,12-13H2,1H3,(H,20,21);/q;+1/p-1/b9-6-;/t17-;/m1./s1. The van der Waals surface area contributed by atoms with Gasteiger partial charge in [0.2, 0.25) is 0 Å². The molecule has 0 spiro atoms. The Morgan fingerprint density at radius 2 is 2.09 bits per heavy atom. The molecular weight excluding hydrogens is 287 g/mol. The van der Waals surface area contributed by atoms with Crippen molar-refractivity contribution in [1.82, 2.24) is 0 Å². The van der Waals surface area contributed by atoms with E-state index < -0.39 is 12.1 Å². The van der Waals surface area contributed by atoms with Gasteiger partial charge in [0.1, 0.15) is 0 Å². The molecule has 1 aromatic carbocycles. The Morgan fingerprint density at radius 3 is 2.77 bits per heavy atom. The molecule has 0 aliphatic heterocycles. The molecule has 0 aromatic heterocycles. The van der Waals surface area contributed by atoms with Gasteiger partial charge in [-0.15, -0.1) is 0 Å². The van der Waals surface area contributed by atoms with Crippen molar-refractivity contribution in [1.29, 1.82) is 0 Å². The summed E-state index contributed by atoms with van der Waals surface area (Å²) in [5.41, 5.74) is 1.98. The van der Waals surface area contributed by atoms with Crippen molar-refractivity contribution >= 4 is 12.0 Å². The summed E-state index contributed by atoms with van der Waals surface area (Å²) in [4.78, 5) is 10.3. The van der Waals surface area contributed by atoms with Gasteiger partial charge < -0.3 is 15.0 Å². The Hall–Kier alpha value is -0.610. The number of unbranched alkanes of at least 4 members (excludes halogenated alkanes) is 3. The molecule has 116 valence electrons. The molecule has 0 unspecified atom stereocenters.